The molecule has 0 spiro atoms. The van der Waals surface area contributed by atoms with Crippen molar-refractivity contribution in [2.75, 3.05) is 11.9 Å². The van der Waals surface area contributed by atoms with Crippen LogP contribution in [0, 0.1) is 0 Å². The second-order valence-electron chi connectivity index (χ2n) is 6.03. The molecule has 0 radical (unpaired) electrons. The fraction of sp³-hybridized carbons (Fsp3) is 0.0870. The highest BCUT2D eigenvalue weighted by Gasteiger charge is 2.18. The molecule has 0 unspecified atom stereocenters. The lowest BCUT2D eigenvalue weighted by molar-refractivity contribution is 0.0526. The van der Waals surface area contributed by atoms with Crippen LogP contribution in [0.15, 0.2) is 78.9 Å². The first-order valence-electron chi connectivity index (χ1n) is 9.35. The molecule has 1 N–H and O–H groups in total. The molecule has 3 rings (SSSR count). The molecule has 0 saturated carbocycles. The number of carbonyl (C=O) groups excluding carboxylic acids is 3. The van der Waals surface area contributed by atoms with Crippen LogP contribution < -0.4 is 19.5 Å². The largest absolute Gasteiger partial charge is 0.519 e. The Labute approximate surface area is 178 Å². The molecule has 0 aliphatic rings. The zero-order valence-electron chi connectivity index (χ0n) is 16.6. The summed E-state index contributed by atoms with van der Waals surface area (Å²) < 4.78 is 20.5. The van der Waals surface area contributed by atoms with Gasteiger partial charge in [0.25, 0.3) is 0 Å². The number of rotatable bonds is 6. The van der Waals surface area contributed by atoms with Crippen molar-refractivity contribution in [3.63, 3.8) is 0 Å². The maximum Gasteiger partial charge on any atom is 0.519 e. The molecule has 31 heavy (non-hydrogen) atoms. The lowest BCUT2D eigenvalue weighted by Gasteiger charge is -2.13. The number of carbonyl (C=O) groups is 3. The molecule has 0 aliphatic heterocycles. The van der Waals surface area contributed by atoms with Crippen molar-refractivity contribution in [2.24, 2.45) is 0 Å². The molecule has 3 aromatic carbocycles. The number of amides is 1. The van der Waals surface area contributed by atoms with E-state index in [2.05, 4.69) is 5.32 Å². The number of benzene rings is 3. The summed E-state index contributed by atoms with van der Waals surface area (Å²) in [5.41, 5.74) is 0.178. The molecule has 0 aliphatic carbocycles. The Morgan fingerprint density at radius 3 is 2.00 bits per heavy atom. The van der Waals surface area contributed by atoms with Gasteiger partial charge < -0.3 is 18.9 Å². The van der Waals surface area contributed by atoms with Gasteiger partial charge in [-0.25, -0.2) is 14.4 Å². The van der Waals surface area contributed by atoms with Crippen molar-refractivity contribution in [3.8, 4) is 17.2 Å². The third-order valence-electron chi connectivity index (χ3n) is 3.82. The van der Waals surface area contributed by atoms with E-state index < -0.39 is 18.2 Å². The van der Waals surface area contributed by atoms with E-state index in [1.807, 2.05) is 0 Å². The minimum absolute atomic E-state index is 0.0245. The predicted molar refractivity (Wildman–Crippen MR) is 112 cm³/mol. The third kappa shape index (κ3) is 6.33. The van der Waals surface area contributed by atoms with Crippen molar-refractivity contribution in [2.45, 2.75) is 6.92 Å². The average molecular weight is 421 g/mol. The lowest BCUT2D eigenvalue weighted by Crippen LogP contribution is -2.20. The van der Waals surface area contributed by atoms with E-state index in [0.29, 0.717) is 5.75 Å². The molecule has 0 aromatic heterocycles. The van der Waals surface area contributed by atoms with Crippen LogP contribution in [-0.2, 0) is 4.74 Å². The van der Waals surface area contributed by atoms with Gasteiger partial charge in [0, 0.05) is 0 Å². The Bertz CT molecular complexity index is 1050. The van der Waals surface area contributed by atoms with Crippen LogP contribution in [0.25, 0.3) is 0 Å². The highest BCUT2D eigenvalue weighted by molar-refractivity contribution is 5.95. The monoisotopic (exact) mass is 421 g/mol. The van der Waals surface area contributed by atoms with Crippen LogP contribution in [-0.4, -0.2) is 24.8 Å². The van der Waals surface area contributed by atoms with Crippen LogP contribution >= 0.6 is 0 Å². The Balaban J connectivity index is 1.79. The van der Waals surface area contributed by atoms with Gasteiger partial charge in [-0.05, 0) is 49.4 Å². The van der Waals surface area contributed by atoms with Crippen LogP contribution in [0.4, 0.5) is 15.3 Å². The summed E-state index contributed by atoms with van der Waals surface area (Å²) in [5.74, 6) is -0.0412. The Hall–Kier alpha value is -4.33. The number of hydrogen-bond acceptors (Lipinski definition) is 7. The van der Waals surface area contributed by atoms with Crippen LogP contribution in [0.5, 0.6) is 17.2 Å². The molecule has 0 heterocycles. The van der Waals surface area contributed by atoms with E-state index in [1.54, 1.807) is 67.6 Å². The molecule has 0 bridgehead atoms. The molecule has 3 aromatic rings. The highest BCUT2D eigenvalue weighted by Crippen LogP contribution is 2.27. The SMILES string of the molecule is CCOC(=O)c1ccc(OC(=O)Oc2ccccc2)c(NC(=O)Oc2ccccc2)c1. The quantitative estimate of drug-likeness (QED) is 0.439. The number of esters is 1. The van der Waals surface area contributed by atoms with Gasteiger partial charge in [0.2, 0.25) is 0 Å². The Morgan fingerprint density at radius 2 is 1.39 bits per heavy atom. The first-order chi connectivity index (χ1) is 15.0. The van der Waals surface area contributed by atoms with Gasteiger partial charge in [0.15, 0.2) is 5.75 Å². The van der Waals surface area contributed by atoms with Crippen LogP contribution in [0.3, 0.4) is 0 Å². The van der Waals surface area contributed by atoms with Gasteiger partial charge >= 0.3 is 18.2 Å². The minimum Gasteiger partial charge on any atom is -0.462 e. The summed E-state index contributed by atoms with van der Waals surface area (Å²) in [6, 6.07) is 20.8. The van der Waals surface area contributed by atoms with E-state index in [1.165, 1.54) is 18.2 Å². The summed E-state index contributed by atoms with van der Waals surface area (Å²) in [6.07, 6.45) is -1.86. The standard InChI is InChI=1S/C23H19NO7/c1-2-28-21(25)16-13-14-20(31-23(27)30-18-11-7-4-8-12-18)19(15-16)24-22(26)29-17-9-5-3-6-10-17/h3-15H,2H2,1H3,(H,24,26). The molecule has 1 amide bonds. The zero-order chi connectivity index (χ0) is 22.1. The van der Waals surface area contributed by atoms with Gasteiger partial charge in [0.1, 0.15) is 11.5 Å². The summed E-state index contributed by atoms with van der Waals surface area (Å²) in [4.78, 5) is 36.5. The van der Waals surface area contributed by atoms with Crippen LogP contribution in [0.1, 0.15) is 17.3 Å². The lowest BCUT2D eigenvalue weighted by atomic mass is 10.2. The normalized spacial score (nSPS) is 9.97. The van der Waals surface area contributed by atoms with E-state index in [4.69, 9.17) is 18.9 Å². The third-order valence-corrected chi connectivity index (χ3v) is 3.82. The molecule has 0 atom stereocenters. The van der Waals surface area contributed by atoms with Crippen LogP contribution in [0.2, 0.25) is 0 Å². The van der Waals surface area contributed by atoms with E-state index in [-0.39, 0.29) is 29.4 Å². The molecule has 0 saturated heterocycles. The first-order valence-corrected chi connectivity index (χ1v) is 9.35. The maximum absolute atomic E-state index is 12.3. The van der Waals surface area contributed by atoms with Gasteiger partial charge in [-0.3, -0.25) is 5.32 Å². The van der Waals surface area contributed by atoms with Gasteiger partial charge in [0.05, 0.1) is 17.9 Å². The summed E-state index contributed by atoms with van der Waals surface area (Å²) in [5, 5.41) is 2.46. The topological polar surface area (TPSA) is 100 Å². The van der Waals surface area contributed by atoms with Crippen molar-refractivity contribution >= 4 is 23.9 Å². The number of ether oxygens (including phenoxy) is 4. The summed E-state index contributed by atoms with van der Waals surface area (Å²) >= 11 is 0. The van der Waals surface area contributed by atoms with Gasteiger partial charge in [-0.2, -0.15) is 0 Å². The van der Waals surface area contributed by atoms with Gasteiger partial charge in [-0.15, -0.1) is 0 Å². The van der Waals surface area contributed by atoms with Crippen molar-refractivity contribution in [1.29, 1.82) is 0 Å². The first kappa shape index (κ1) is 21.4. The van der Waals surface area contributed by atoms with E-state index >= 15 is 0 Å². The maximum atomic E-state index is 12.3. The zero-order valence-corrected chi connectivity index (χ0v) is 16.6. The smallest absolute Gasteiger partial charge is 0.462 e. The Morgan fingerprint density at radius 1 is 0.774 bits per heavy atom. The average Bonchev–Trinajstić information content (AvgIpc) is 2.76. The molecule has 0 fully saturated rings. The van der Waals surface area contributed by atoms with Crippen molar-refractivity contribution in [3.05, 3.63) is 84.4 Å². The van der Waals surface area contributed by atoms with E-state index in [9.17, 15) is 14.4 Å². The summed E-state index contributed by atoms with van der Waals surface area (Å²) in [7, 11) is 0. The van der Waals surface area contributed by atoms with E-state index in [0.717, 1.165) is 0 Å². The minimum atomic E-state index is -1.02. The Kier molecular flexibility index (Phi) is 7.21. The number of para-hydroxylation sites is 2. The fourth-order valence-electron chi connectivity index (χ4n) is 2.48. The number of anilines is 1. The number of hydrogen-bond donors (Lipinski definition) is 1. The summed E-state index contributed by atoms with van der Waals surface area (Å²) in [6.45, 7) is 1.85. The molecule has 8 nitrogen and oxygen atoms in total. The number of nitrogens with one attached hydrogen (secondary N) is 1. The molecule has 8 heteroatoms. The second-order valence-corrected chi connectivity index (χ2v) is 6.03. The fourth-order valence-corrected chi connectivity index (χ4v) is 2.48. The van der Waals surface area contributed by atoms with Crippen molar-refractivity contribution < 1.29 is 33.3 Å². The highest BCUT2D eigenvalue weighted by atomic mass is 16.7. The second kappa shape index (κ2) is 10.4. The molecular formula is C23H19NO7. The van der Waals surface area contributed by atoms with Crippen molar-refractivity contribution in [1.82, 2.24) is 0 Å². The predicted octanol–water partition coefficient (Wildman–Crippen LogP) is 5.05. The molecular weight excluding hydrogens is 402 g/mol. The van der Waals surface area contributed by atoms with Gasteiger partial charge in [-0.1, -0.05) is 36.4 Å². The molecule has 158 valence electrons.